The van der Waals surface area contributed by atoms with Crippen molar-refractivity contribution in [3.8, 4) is 0 Å². The van der Waals surface area contributed by atoms with Crippen molar-refractivity contribution in [2.24, 2.45) is 5.92 Å². The highest BCUT2D eigenvalue weighted by atomic mass is 16.5. The number of nitrogen functional groups attached to an aromatic ring is 1. The molecule has 0 saturated heterocycles. The van der Waals surface area contributed by atoms with Gasteiger partial charge in [0.05, 0.1) is 6.61 Å². The number of esters is 1. The van der Waals surface area contributed by atoms with Gasteiger partial charge in [0, 0.05) is 26.4 Å². The number of hydrogen-bond donors (Lipinski definition) is 3. The summed E-state index contributed by atoms with van der Waals surface area (Å²) in [5.41, 5.74) is 4.44. The number of amides is 1. The number of H-pyrrole nitrogens is 2. The van der Waals surface area contributed by atoms with Gasteiger partial charge in [-0.15, -0.1) is 0 Å². The molecule has 0 aliphatic rings. The van der Waals surface area contributed by atoms with E-state index in [4.69, 9.17) is 15.2 Å². The quantitative estimate of drug-likeness (QED) is 0.460. The summed E-state index contributed by atoms with van der Waals surface area (Å²) >= 11 is 0. The van der Waals surface area contributed by atoms with E-state index in [2.05, 4.69) is 15.2 Å². The van der Waals surface area contributed by atoms with E-state index in [9.17, 15) is 19.2 Å². The molecular formula is C17H24N6O6. The Kier molecular flexibility index (Phi) is 7.31. The van der Waals surface area contributed by atoms with Crippen molar-refractivity contribution in [3.63, 3.8) is 0 Å². The number of carbonyl (C=O) groups excluding carboxylic acids is 2. The number of ether oxygens (including phenoxy) is 2. The fourth-order valence-corrected chi connectivity index (χ4v) is 2.58. The molecule has 158 valence electrons. The molecule has 12 nitrogen and oxygen atoms in total. The highest BCUT2D eigenvalue weighted by Crippen LogP contribution is 2.18. The number of aromatic nitrogens is 4. The summed E-state index contributed by atoms with van der Waals surface area (Å²) in [6.45, 7) is 3.39. The normalized spacial score (nSPS) is 10.9. The van der Waals surface area contributed by atoms with Gasteiger partial charge in [-0.05, 0) is 12.0 Å². The zero-order valence-electron chi connectivity index (χ0n) is 16.4. The van der Waals surface area contributed by atoms with E-state index in [0.717, 1.165) is 4.90 Å². The highest BCUT2D eigenvalue weighted by molar-refractivity contribution is 5.98. The van der Waals surface area contributed by atoms with Crippen LogP contribution in [0.4, 0.5) is 11.5 Å². The highest BCUT2D eigenvalue weighted by Gasteiger charge is 2.25. The molecule has 0 saturated carbocycles. The molecule has 2 rings (SSSR count). The van der Waals surface area contributed by atoms with Crippen LogP contribution < -0.4 is 21.9 Å². The monoisotopic (exact) mass is 408 g/mol. The number of rotatable bonds is 9. The van der Waals surface area contributed by atoms with Gasteiger partial charge in [0.15, 0.2) is 12.3 Å². The van der Waals surface area contributed by atoms with Gasteiger partial charge in [-0.3, -0.25) is 29.1 Å². The predicted molar refractivity (Wildman–Crippen MR) is 104 cm³/mol. The Morgan fingerprint density at radius 2 is 2.07 bits per heavy atom. The van der Waals surface area contributed by atoms with Gasteiger partial charge in [-0.25, -0.2) is 9.59 Å². The first-order chi connectivity index (χ1) is 13.8. The summed E-state index contributed by atoms with van der Waals surface area (Å²) in [5.74, 6) is -1.58. The molecule has 0 fully saturated rings. The van der Waals surface area contributed by atoms with Gasteiger partial charge < -0.3 is 15.2 Å². The maximum atomic E-state index is 12.7. The number of nitrogens with two attached hydrogens (primary N) is 1. The minimum atomic E-state index is -0.822. The van der Waals surface area contributed by atoms with Crippen LogP contribution in [-0.4, -0.2) is 58.5 Å². The molecule has 0 unspecified atom stereocenters. The molecule has 2 heterocycles. The lowest BCUT2D eigenvalue weighted by Crippen LogP contribution is -2.44. The van der Waals surface area contributed by atoms with E-state index < -0.39 is 29.7 Å². The molecule has 0 aromatic carbocycles. The Morgan fingerprint density at radius 1 is 1.34 bits per heavy atom. The van der Waals surface area contributed by atoms with Crippen LogP contribution in [-0.2, 0) is 20.8 Å². The average molecular weight is 408 g/mol. The van der Waals surface area contributed by atoms with Crippen LogP contribution in [0.5, 0.6) is 0 Å². The second-order valence-electron chi connectivity index (χ2n) is 6.58. The van der Waals surface area contributed by atoms with E-state index in [0.29, 0.717) is 0 Å². The van der Waals surface area contributed by atoms with E-state index in [1.54, 1.807) is 0 Å². The van der Waals surface area contributed by atoms with Crippen LogP contribution in [0.2, 0.25) is 0 Å². The third-order valence-corrected chi connectivity index (χ3v) is 3.90. The van der Waals surface area contributed by atoms with Crippen molar-refractivity contribution in [2.45, 2.75) is 20.4 Å². The molecule has 4 N–H and O–H groups in total. The fourth-order valence-electron chi connectivity index (χ4n) is 2.58. The topological polar surface area (TPSA) is 165 Å². The van der Waals surface area contributed by atoms with Crippen molar-refractivity contribution in [3.05, 3.63) is 38.8 Å². The van der Waals surface area contributed by atoms with Crippen molar-refractivity contribution in [1.29, 1.82) is 0 Å². The van der Waals surface area contributed by atoms with Crippen LogP contribution in [0.15, 0.2) is 21.9 Å². The Labute approximate surface area is 165 Å². The standard InChI is InChI=1S/C17H24N6O6/c1-10(2)8-23-14(18)13(15(25)20-17(23)27)22(6-7-28-3)12(24)9-29-16(26)11-4-5-19-21-11/h4-5,10H,6-9,18H2,1-3H3,(H,19,21)(H,20,25,27). The Bertz CT molecular complexity index is 962. The summed E-state index contributed by atoms with van der Waals surface area (Å²) in [5, 5.41) is 6.05. The van der Waals surface area contributed by atoms with Crippen molar-refractivity contribution >= 4 is 23.4 Å². The van der Waals surface area contributed by atoms with Gasteiger partial charge in [-0.2, -0.15) is 5.10 Å². The summed E-state index contributed by atoms with van der Waals surface area (Å²) in [4.78, 5) is 52.4. The van der Waals surface area contributed by atoms with Gasteiger partial charge in [0.1, 0.15) is 11.5 Å². The summed E-state index contributed by atoms with van der Waals surface area (Å²) < 4.78 is 11.1. The lowest BCUT2D eigenvalue weighted by molar-refractivity contribution is -0.121. The van der Waals surface area contributed by atoms with E-state index >= 15 is 0 Å². The van der Waals surface area contributed by atoms with Crippen LogP contribution in [0.1, 0.15) is 24.3 Å². The smallest absolute Gasteiger partial charge is 0.356 e. The molecule has 0 atom stereocenters. The molecule has 12 heteroatoms. The van der Waals surface area contributed by atoms with Crippen LogP contribution >= 0.6 is 0 Å². The Morgan fingerprint density at radius 3 is 2.66 bits per heavy atom. The number of hydrogen-bond acceptors (Lipinski definition) is 8. The lowest BCUT2D eigenvalue weighted by atomic mass is 10.2. The van der Waals surface area contributed by atoms with Gasteiger partial charge in [0.25, 0.3) is 11.5 Å². The number of aromatic amines is 2. The van der Waals surface area contributed by atoms with Gasteiger partial charge in [0.2, 0.25) is 0 Å². The summed E-state index contributed by atoms with van der Waals surface area (Å²) in [6, 6.07) is 1.39. The number of nitrogens with zero attached hydrogens (tertiary/aromatic N) is 3. The van der Waals surface area contributed by atoms with Crippen LogP contribution in [0.25, 0.3) is 0 Å². The molecule has 0 aliphatic carbocycles. The van der Waals surface area contributed by atoms with Crippen molar-refractivity contribution in [2.75, 3.05) is 37.5 Å². The van der Waals surface area contributed by atoms with Crippen LogP contribution in [0, 0.1) is 5.92 Å². The molecular weight excluding hydrogens is 384 g/mol. The van der Waals surface area contributed by atoms with Crippen molar-refractivity contribution < 1.29 is 19.1 Å². The number of anilines is 2. The number of methoxy groups -OCH3 is 1. The molecule has 0 aliphatic heterocycles. The van der Waals surface area contributed by atoms with Gasteiger partial charge >= 0.3 is 11.7 Å². The molecule has 2 aromatic rings. The SMILES string of the molecule is COCCN(C(=O)COC(=O)c1ccn[nH]1)c1c(N)n(CC(C)C)c(=O)[nH]c1=O. The third-order valence-electron chi connectivity index (χ3n) is 3.90. The molecule has 1 amide bonds. The molecule has 29 heavy (non-hydrogen) atoms. The summed E-state index contributed by atoms with van der Waals surface area (Å²) in [6.07, 6.45) is 1.36. The van der Waals surface area contributed by atoms with Crippen LogP contribution in [0.3, 0.4) is 0 Å². The largest absolute Gasteiger partial charge is 0.451 e. The maximum Gasteiger partial charge on any atom is 0.356 e. The minimum Gasteiger partial charge on any atom is -0.451 e. The summed E-state index contributed by atoms with van der Waals surface area (Å²) in [7, 11) is 1.42. The first-order valence-corrected chi connectivity index (χ1v) is 8.84. The Hall–Kier alpha value is -3.41. The van der Waals surface area contributed by atoms with Crippen molar-refractivity contribution in [1.82, 2.24) is 19.7 Å². The molecule has 2 aromatic heterocycles. The molecule has 0 bridgehead atoms. The average Bonchev–Trinajstić information content (AvgIpc) is 3.20. The number of carbonyl (C=O) groups is 2. The minimum absolute atomic E-state index is 0.0376. The number of nitrogens with one attached hydrogen (secondary N) is 2. The van der Waals surface area contributed by atoms with E-state index in [1.165, 1.54) is 23.9 Å². The molecule has 0 radical (unpaired) electrons. The second-order valence-corrected chi connectivity index (χ2v) is 6.58. The first kappa shape index (κ1) is 21.9. The van der Waals surface area contributed by atoms with E-state index in [-0.39, 0.29) is 42.8 Å². The predicted octanol–water partition coefficient (Wildman–Crippen LogP) is -0.666. The second kappa shape index (κ2) is 9.68. The van der Waals surface area contributed by atoms with Gasteiger partial charge in [-0.1, -0.05) is 13.8 Å². The molecule has 0 spiro atoms. The third kappa shape index (κ3) is 5.31. The zero-order valence-corrected chi connectivity index (χ0v) is 16.4. The first-order valence-electron chi connectivity index (χ1n) is 8.84. The Balaban J connectivity index is 2.33. The maximum absolute atomic E-state index is 12.7. The van der Waals surface area contributed by atoms with E-state index in [1.807, 2.05) is 13.8 Å². The lowest BCUT2D eigenvalue weighted by Gasteiger charge is -2.24. The fraction of sp³-hybridized carbons (Fsp3) is 0.471. The zero-order chi connectivity index (χ0) is 21.6.